The molecule has 0 amide bonds. The molecule has 3 saturated heterocycles. The van der Waals surface area contributed by atoms with Crippen molar-refractivity contribution < 1.29 is 14.3 Å². The van der Waals surface area contributed by atoms with Crippen molar-refractivity contribution in [2.24, 2.45) is 5.41 Å². The molecule has 246 valence electrons. The van der Waals surface area contributed by atoms with Gasteiger partial charge in [0.1, 0.15) is 17.1 Å². The zero-order valence-electron chi connectivity index (χ0n) is 27.7. The SMILES string of the molecule is CC(C)c1ccccc1C1CN(C2CCOC2)CCN1C1CC2(CCN(c3ccc(C=O)c(Oc4cnc5[nH]ccc5c4)c3)CC2)C1. The highest BCUT2D eigenvalue weighted by Crippen LogP contribution is 2.53. The maximum Gasteiger partial charge on any atom is 0.153 e. The van der Waals surface area contributed by atoms with Gasteiger partial charge >= 0.3 is 0 Å². The first-order valence-electron chi connectivity index (χ1n) is 17.6. The Kier molecular flexibility index (Phi) is 8.28. The number of piperazine rings is 1. The fourth-order valence-electron chi connectivity index (χ4n) is 8.84. The Labute approximate surface area is 278 Å². The average Bonchev–Trinajstić information content (AvgIpc) is 3.80. The molecule has 47 heavy (non-hydrogen) atoms. The van der Waals surface area contributed by atoms with Gasteiger partial charge in [0.05, 0.1) is 18.4 Å². The summed E-state index contributed by atoms with van der Waals surface area (Å²) in [6.07, 6.45) is 10.6. The number of rotatable bonds is 8. The van der Waals surface area contributed by atoms with Crippen LogP contribution in [-0.4, -0.2) is 84.1 Å². The van der Waals surface area contributed by atoms with Crippen molar-refractivity contribution in [2.75, 3.05) is 50.8 Å². The molecular formula is C39H47N5O3. The lowest BCUT2D eigenvalue weighted by molar-refractivity contribution is -0.0677. The van der Waals surface area contributed by atoms with E-state index in [2.05, 4.69) is 68.8 Å². The van der Waals surface area contributed by atoms with Crippen LogP contribution in [0.3, 0.4) is 0 Å². The van der Waals surface area contributed by atoms with Gasteiger partial charge in [0.25, 0.3) is 0 Å². The van der Waals surface area contributed by atoms with Crippen molar-refractivity contribution in [3.8, 4) is 11.5 Å². The first kappa shape index (κ1) is 30.6. The predicted octanol–water partition coefficient (Wildman–Crippen LogP) is 7.19. The van der Waals surface area contributed by atoms with E-state index < -0.39 is 0 Å². The van der Waals surface area contributed by atoms with Gasteiger partial charge in [-0.15, -0.1) is 0 Å². The van der Waals surface area contributed by atoms with E-state index >= 15 is 0 Å². The molecule has 4 fully saturated rings. The Bertz CT molecular complexity index is 1710. The fraction of sp³-hybridized carbons (Fsp3) is 0.487. The summed E-state index contributed by atoms with van der Waals surface area (Å²) in [7, 11) is 0. The summed E-state index contributed by atoms with van der Waals surface area (Å²) < 4.78 is 12.0. The Balaban J connectivity index is 0.942. The third kappa shape index (κ3) is 5.96. The van der Waals surface area contributed by atoms with E-state index in [0.29, 0.717) is 46.5 Å². The summed E-state index contributed by atoms with van der Waals surface area (Å²) in [6.45, 7) is 11.9. The van der Waals surface area contributed by atoms with E-state index in [9.17, 15) is 4.79 Å². The minimum atomic E-state index is 0.430. The molecule has 3 aliphatic heterocycles. The number of ether oxygens (including phenoxy) is 2. The number of carbonyl (C=O) groups is 1. The second-order valence-electron chi connectivity index (χ2n) is 14.6. The van der Waals surface area contributed by atoms with E-state index in [1.165, 1.54) is 36.8 Å². The summed E-state index contributed by atoms with van der Waals surface area (Å²) >= 11 is 0. The summed E-state index contributed by atoms with van der Waals surface area (Å²) in [5.41, 5.74) is 5.94. The molecular weight excluding hydrogens is 586 g/mol. The maximum atomic E-state index is 11.9. The van der Waals surface area contributed by atoms with Crippen LogP contribution in [0.1, 0.15) is 79.4 Å². The smallest absolute Gasteiger partial charge is 0.153 e. The lowest BCUT2D eigenvalue weighted by Crippen LogP contribution is -2.61. The number of hydrogen-bond donors (Lipinski definition) is 1. The molecule has 2 atom stereocenters. The van der Waals surface area contributed by atoms with Gasteiger partial charge in [0.15, 0.2) is 6.29 Å². The van der Waals surface area contributed by atoms with Crippen molar-refractivity contribution in [3.05, 3.63) is 83.7 Å². The van der Waals surface area contributed by atoms with Crippen LogP contribution in [0.15, 0.2) is 67.0 Å². The van der Waals surface area contributed by atoms with Crippen molar-refractivity contribution >= 4 is 23.0 Å². The van der Waals surface area contributed by atoms with Crippen LogP contribution in [0.2, 0.25) is 0 Å². The van der Waals surface area contributed by atoms with Crippen LogP contribution in [0.5, 0.6) is 11.5 Å². The van der Waals surface area contributed by atoms with E-state index in [0.717, 1.165) is 75.4 Å². The van der Waals surface area contributed by atoms with Crippen LogP contribution in [-0.2, 0) is 4.74 Å². The Morgan fingerprint density at radius 1 is 1.02 bits per heavy atom. The largest absolute Gasteiger partial charge is 0.455 e. The number of H-pyrrole nitrogens is 1. The zero-order valence-corrected chi connectivity index (χ0v) is 27.7. The monoisotopic (exact) mass is 633 g/mol. The number of anilines is 1. The molecule has 2 aromatic carbocycles. The number of nitrogens with zero attached hydrogens (tertiary/aromatic N) is 4. The topological polar surface area (TPSA) is 73.9 Å². The van der Waals surface area contributed by atoms with Crippen LogP contribution in [0.25, 0.3) is 11.0 Å². The van der Waals surface area contributed by atoms with Crippen molar-refractivity contribution in [2.45, 2.75) is 70.0 Å². The Morgan fingerprint density at radius 2 is 1.87 bits per heavy atom. The summed E-state index contributed by atoms with van der Waals surface area (Å²) in [5, 5.41) is 0.979. The van der Waals surface area contributed by atoms with Crippen LogP contribution in [0.4, 0.5) is 5.69 Å². The van der Waals surface area contributed by atoms with Gasteiger partial charge in [-0.2, -0.15) is 0 Å². The molecule has 2 unspecified atom stereocenters. The predicted molar refractivity (Wildman–Crippen MR) is 186 cm³/mol. The third-order valence-corrected chi connectivity index (χ3v) is 11.6. The molecule has 1 aliphatic carbocycles. The number of benzene rings is 2. The molecule has 8 heteroatoms. The number of hydrogen-bond acceptors (Lipinski definition) is 7. The number of pyridine rings is 1. The minimum Gasteiger partial charge on any atom is -0.455 e. The van der Waals surface area contributed by atoms with Gasteiger partial charge in [0.2, 0.25) is 0 Å². The molecule has 1 saturated carbocycles. The van der Waals surface area contributed by atoms with Crippen molar-refractivity contribution in [3.63, 3.8) is 0 Å². The highest BCUT2D eigenvalue weighted by Gasteiger charge is 2.50. The number of aromatic nitrogens is 2. The van der Waals surface area contributed by atoms with E-state index in [1.54, 1.807) is 6.20 Å². The molecule has 1 spiro atoms. The van der Waals surface area contributed by atoms with Gasteiger partial charge < -0.3 is 19.4 Å². The van der Waals surface area contributed by atoms with E-state index in [4.69, 9.17) is 9.47 Å². The van der Waals surface area contributed by atoms with Gasteiger partial charge in [-0.3, -0.25) is 14.6 Å². The fourth-order valence-corrected chi connectivity index (χ4v) is 8.84. The standard InChI is InChI=1S/C39H47N5O3/c1-27(2)34-5-3-4-6-35(34)36-24-43(31-10-18-46-26-31)16-17-44(36)32-21-39(22-32)11-14-42(15-12-39)30-8-7-29(25-45)37(20-30)47-33-19-28-9-13-40-38(28)41-23-33/h3-9,13,19-20,23,25,27,31-32,36H,10-12,14-18,21-22,24,26H2,1-2H3,(H,40,41). The molecule has 0 radical (unpaired) electrons. The van der Waals surface area contributed by atoms with Gasteiger partial charge in [-0.25, -0.2) is 4.98 Å². The number of aromatic amines is 1. The van der Waals surface area contributed by atoms with Crippen molar-refractivity contribution in [1.29, 1.82) is 0 Å². The summed E-state index contributed by atoms with van der Waals surface area (Å²) in [6, 6.07) is 20.7. The lowest BCUT2D eigenvalue weighted by atomic mass is 9.59. The molecule has 4 aromatic rings. The Hall–Kier alpha value is -3.72. The molecule has 2 aromatic heterocycles. The quantitative estimate of drug-likeness (QED) is 0.206. The summed E-state index contributed by atoms with van der Waals surface area (Å²) in [4.78, 5) is 27.5. The Morgan fingerprint density at radius 3 is 2.66 bits per heavy atom. The van der Waals surface area contributed by atoms with E-state index in [1.807, 2.05) is 30.5 Å². The lowest BCUT2D eigenvalue weighted by Gasteiger charge is -2.58. The zero-order chi connectivity index (χ0) is 32.0. The van der Waals surface area contributed by atoms with Gasteiger partial charge in [-0.1, -0.05) is 38.1 Å². The maximum absolute atomic E-state index is 11.9. The molecule has 8 nitrogen and oxygen atoms in total. The summed E-state index contributed by atoms with van der Waals surface area (Å²) in [5.74, 6) is 1.72. The number of nitrogens with one attached hydrogen (secondary N) is 1. The second kappa shape index (κ2) is 12.7. The first-order chi connectivity index (χ1) is 23.0. The number of piperidine rings is 1. The van der Waals surface area contributed by atoms with E-state index in [-0.39, 0.29) is 0 Å². The van der Waals surface area contributed by atoms with Crippen LogP contribution < -0.4 is 9.64 Å². The number of carbonyl (C=O) groups excluding carboxylic acids is 1. The number of aldehydes is 1. The van der Waals surface area contributed by atoms with Crippen LogP contribution in [0, 0.1) is 5.41 Å². The minimum absolute atomic E-state index is 0.430. The number of fused-ring (bicyclic) bond motifs is 1. The molecule has 8 rings (SSSR count). The second-order valence-corrected chi connectivity index (χ2v) is 14.6. The average molecular weight is 634 g/mol. The highest BCUT2D eigenvalue weighted by atomic mass is 16.5. The molecule has 1 N–H and O–H groups in total. The molecule has 0 bridgehead atoms. The van der Waals surface area contributed by atoms with Crippen LogP contribution >= 0.6 is 0 Å². The highest BCUT2D eigenvalue weighted by molar-refractivity contribution is 5.81. The first-order valence-corrected chi connectivity index (χ1v) is 17.6. The molecule has 4 aliphatic rings. The normalized spacial score (nSPS) is 23.9. The third-order valence-electron chi connectivity index (χ3n) is 11.6. The van der Waals surface area contributed by atoms with Crippen molar-refractivity contribution in [1.82, 2.24) is 19.8 Å². The molecule has 5 heterocycles. The van der Waals surface area contributed by atoms with Gasteiger partial charge in [-0.05, 0) is 78.8 Å². The van der Waals surface area contributed by atoms with Gasteiger partial charge in [0, 0.05) is 80.8 Å².